The molecule has 1 saturated heterocycles. The predicted octanol–water partition coefficient (Wildman–Crippen LogP) is 3.81. The monoisotopic (exact) mass is 468 g/mol. The van der Waals surface area contributed by atoms with Crippen LogP contribution in [0.4, 0.5) is 5.82 Å². The molecular weight excluding hydrogens is 440 g/mol. The lowest BCUT2D eigenvalue weighted by molar-refractivity contribution is 0.0742. The lowest BCUT2D eigenvalue weighted by Crippen LogP contribution is -2.50. The van der Waals surface area contributed by atoms with E-state index in [1.165, 1.54) is 0 Å². The Kier molecular flexibility index (Phi) is 6.48. The molecule has 0 saturated carbocycles. The van der Waals surface area contributed by atoms with Crippen LogP contribution in [0.1, 0.15) is 22.8 Å². The zero-order chi connectivity index (χ0) is 24.2. The van der Waals surface area contributed by atoms with Crippen LogP contribution in [0.25, 0.3) is 11.0 Å². The Morgan fingerprint density at radius 1 is 0.886 bits per heavy atom. The lowest BCUT2D eigenvalue weighted by Gasteiger charge is -2.35. The van der Waals surface area contributed by atoms with Gasteiger partial charge < -0.3 is 14.5 Å². The van der Waals surface area contributed by atoms with Crippen molar-refractivity contribution >= 4 is 22.8 Å². The molecule has 1 fully saturated rings. The topological polar surface area (TPSA) is 67.7 Å². The number of piperazine rings is 1. The number of nitrogens with zero attached hydrogens (tertiary/aromatic N) is 4. The van der Waals surface area contributed by atoms with Crippen molar-refractivity contribution in [2.45, 2.75) is 13.5 Å². The van der Waals surface area contributed by atoms with Crippen molar-refractivity contribution in [3.8, 4) is 5.75 Å². The van der Waals surface area contributed by atoms with Crippen LogP contribution in [0.2, 0.25) is 0 Å². The van der Waals surface area contributed by atoms with Crippen molar-refractivity contribution < 1.29 is 9.53 Å². The van der Waals surface area contributed by atoms with E-state index in [-0.39, 0.29) is 11.5 Å². The van der Waals surface area contributed by atoms with Crippen molar-refractivity contribution in [3.63, 3.8) is 0 Å². The molecule has 1 aromatic heterocycles. The van der Waals surface area contributed by atoms with Gasteiger partial charge in [0.15, 0.2) is 5.82 Å². The summed E-state index contributed by atoms with van der Waals surface area (Å²) in [6, 6.07) is 25.0. The van der Waals surface area contributed by atoms with Gasteiger partial charge in [-0.1, -0.05) is 54.6 Å². The number of ether oxygens (including phenoxy) is 1. The number of hydrogen-bond donors (Lipinski definition) is 0. The molecule has 1 aliphatic heterocycles. The maximum atomic E-state index is 13.6. The van der Waals surface area contributed by atoms with E-state index >= 15 is 0 Å². The Balaban J connectivity index is 1.40. The highest BCUT2D eigenvalue weighted by Gasteiger charge is 2.27. The number of rotatable bonds is 6. The molecule has 1 amide bonds. The molecule has 3 aromatic carbocycles. The van der Waals surface area contributed by atoms with Crippen molar-refractivity contribution in [1.29, 1.82) is 0 Å². The number of benzene rings is 3. The van der Waals surface area contributed by atoms with E-state index in [4.69, 9.17) is 9.72 Å². The summed E-state index contributed by atoms with van der Waals surface area (Å²) in [4.78, 5) is 35.3. The standard InChI is InChI=1S/C28H28N4O3/c1-2-35-25-15-9-6-12-22(25)27(33)31-18-16-30(17-19-31)26-28(34)32(20-21-10-4-3-5-11-21)24-14-8-7-13-23(24)29-26/h3-15H,2,16-20H2,1H3. The molecule has 0 bridgehead atoms. The normalized spacial score (nSPS) is 13.7. The van der Waals surface area contributed by atoms with Crippen LogP contribution >= 0.6 is 0 Å². The van der Waals surface area contributed by atoms with E-state index in [0.29, 0.717) is 56.5 Å². The third-order valence-electron chi connectivity index (χ3n) is 6.30. The number of carbonyl (C=O) groups excluding carboxylic acids is 1. The number of para-hydroxylation sites is 3. The average molecular weight is 469 g/mol. The van der Waals surface area contributed by atoms with Gasteiger partial charge in [0, 0.05) is 26.2 Å². The Labute approximate surface area is 204 Å². The largest absolute Gasteiger partial charge is 0.493 e. The smallest absolute Gasteiger partial charge is 0.294 e. The van der Waals surface area contributed by atoms with E-state index in [9.17, 15) is 9.59 Å². The van der Waals surface area contributed by atoms with E-state index in [2.05, 4.69) is 0 Å². The van der Waals surface area contributed by atoms with Gasteiger partial charge in [-0.25, -0.2) is 4.98 Å². The highest BCUT2D eigenvalue weighted by Crippen LogP contribution is 2.22. The summed E-state index contributed by atoms with van der Waals surface area (Å²) in [5.41, 5.74) is 3.10. The van der Waals surface area contributed by atoms with Gasteiger partial charge in [-0.2, -0.15) is 0 Å². The van der Waals surface area contributed by atoms with E-state index < -0.39 is 0 Å². The molecule has 178 valence electrons. The van der Waals surface area contributed by atoms with Gasteiger partial charge in [0.1, 0.15) is 5.75 Å². The quantitative estimate of drug-likeness (QED) is 0.431. The van der Waals surface area contributed by atoms with Crippen LogP contribution < -0.4 is 15.2 Å². The SMILES string of the molecule is CCOc1ccccc1C(=O)N1CCN(c2nc3ccccc3n(Cc3ccccc3)c2=O)CC1. The van der Waals surface area contributed by atoms with Gasteiger partial charge in [0.2, 0.25) is 0 Å². The van der Waals surface area contributed by atoms with E-state index in [0.717, 1.165) is 16.6 Å². The first-order chi connectivity index (χ1) is 17.2. The molecule has 7 nitrogen and oxygen atoms in total. The van der Waals surface area contributed by atoms with Gasteiger partial charge in [-0.05, 0) is 36.8 Å². The van der Waals surface area contributed by atoms with Crippen LogP contribution in [0.3, 0.4) is 0 Å². The molecule has 1 aliphatic rings. The number of amides is 1. The van der Waals surface area contributed by atoms with Crippen LogP contribution in [-0.2, 0) is 6.54 Å². The summed E-state index contributed by atoms with van der Waals surface area (Å²) in [6.45, 7) is 4.96. The fourth-order valence-corrected chi connectivity index (χ4v) is 4.52. The third-order valence-corrected chi connectivity index (χ3v) is 6.30. The molecule has 0 spiro atoms. The zero-order valence-corrected chi connectivity index (χ0v) is 19.8. The molecular formula is C28H28N4O3. The minimum Gasteiger partial charge on any atom is -0.493 e. The Morgan fingerprint density at radius 2 is 1.57 bits per heavy atom. The second kappa shape index (κ2) is 10.0. The van der Waals surface area contributed by atoms with Crippen molar-refractivity contribution in [1.82, 2.24) is 14.5 Å². The maximum Gasteiger partial charge on any atom is 0.294 e. The minimum absolute atomic E-state index is 0.0540. The lowest BCUT2D eigenvalue weighted by atomic mass is 10.1. The molecule has 4 aromatic rings. The van der Waals surface area contributed by atoms with E-state index in [1.807, 2.05) is 89.5 Å². The van der Waals surface area contributed by atoms with Crippen molar-refractivity contribution in [2.24, 2.45) is 0 Å². The molecule has 2 heterocycles. The van der Waals surface area contributed by atoms with Crippen LogP contribution in [0, 0.1) is 0 Å². The average Bonchev–Trinajstić information content (AvgIpc) is 2.91. The molecule has 5 rings (SSSR count). The first-order valence-corrected chi connectivity index (χ1v) is 11.9. The third kappa shape index (κ3) is 4.62. The molecule has 0 radical (unpaired) electrons. The maximum absolute atomic E-state index is 13.6. The second-order valence-electron chi connectivity index (χ2n) is 8.51. The van der Waals surface area contributed by atoms with Crippen LogP contribution in [-0.4, -0.2) is 53.1 Å². The summed E-state index contributed by atoms with van der Waals surface area (Å²) in [7, 11) is 0. The summed E-state index contributed by atoms with van der Waals surface area (Å²) in [5.74, 6) is 0.977. The van der Waals surface area contributed by atoms with Gasteiger partial charge in [-0.15, -0.1) is 0 Å². The van der Waals surface area contributed by atoms with Gasteiger partial charge in [0.25, 0.3) is 11.5 Å². The highest BCUT2D eigenvalue weighted by atomic mass is 16.5. The van der Waals surface area contributed by atoms with Crippen molar-refractivity contribution in [3.05, 3.63) is 100 Å². The zero-order valence-electron chi connectivity index (χ0n) is 19.8. The summed E-state index contributed by atoms with van der Waals surface area (Å²) < 4.78 is 7.44. The molecule has 0 unspecified atom stereocenters. The highest BCUT2D eigenvalue weighted by molar-refractivity contribution is 5.97. The summed E-state index contributed by atoms with van der Waals surface area (Å²) in [5, 5.41) is 0. The Bertz CT molecular complexity index is 1390. The number of aromatic nitrogens is 2. The fourth-order valence-electron chi connectivity index (χ4n) is 4.52. The molecule has 7 heteroatoms. The predicted molar refractivity (Wildman–Crippen MR) is 137 cm³/mol. The fraction of sp³-hybridized carbons (Fsp3) is 0.250. The molecule has 0 atom stereocenters. The van der Waals surface area contributed by atoms with Gasteiger partial charge >= 0.3 is 0 Å². The Hall–Kier alpha value is -4.13. The van der Waals surface area contributed by atoms with Gasteiger partial charge in [0.05, 0.1) is 29.7 Å². The summed E-state index contributed by atoms with van der Waals surface area (Å²) in [6.07, 6.45) is 0. The number of anilines is 1. The molecule has 35 heavy (non-hydrogen) atoms. The second-order valence-corrected chi connectivity index (χ2v) is 8.51. The first-order valence-electron chi connectivity index (χ1n) is 11.9. The van der Waals surface area contributed by atoms with Crippen LogP contribution in [0.5, 0.6) is 5.75 Å². The van der Waals surface area contributed by atoms with Gasteiger partial charge in [-0.3, -0.25) is 14.2 Å². The minimum atomic E-state index is -0.117. The summed E-state index contributed by atoms with van der Waals surface area (Å²) >= 11 is 0. The molecule has 0 aliphatic carbocycles. The molecule has 0 N–H and O–H groups in total. The Morgan fingerprint density at radius 3 is 2.34 bits per heavy atom. The number of hydrogen-bond acceptors (Lipinski definition) is 5. The first kappa shape index (κ1) is 22.7. The van der Waals surface area contributed by atoms with E-state index in [1.54, 1.807) is 10.6 Å². The van der Waals surface area contributed by atoms with Crippen molar-refractivity contribution in [2.75, 3.05) is 37.7 Å². The number of fused-ring (bicyclic) bond motifs is 1. The van der Waals surface area contributed by atoms with Crippen LogP contribution in [0.15, 0.2) is 83.7 Å². The number of carbonyl (C=O) groups is 1.